The molecule has 45 nitrogen and oxygen atoms in total. The number of aromatic nitrogens is 9. The highest BCUT2D eigenvalue weighted by atomic mass is 16.2. The minimum Gasteiger partial charge on any atom is -0.370 e. The quantitative estimate of drug-likeness (QED) is 0.00741. The minimum atomic E-state index is -2.31. The second-order valence-electron chi connectivity index (χ2n) is 30.1. The van der Waals surface area contributed by atoms with Crippen LogP contribution in [-0.4, -0.2) is 207 Å². The molecule has 0 aliphatic heterocycles. The van der Waals surface area contributed by atoms with E-state index in [-0.39, 0.29) is 110 Å². The molecule has 45 heteroatoms. The zero-order valence-electron chi connectivity index (χ0n) is 69.6. The zero-order valence-corrected chi connectivity index (χ0v) is 69.6. The second-order valence-corrected chi connectivity index (χ2v) is 30.1. The average molecular weight is 1760 g/mol. The Labute approximate surface area is 723 Å². The number of amides is 11. The number of hydrogen-bond acceptors (Lipinski definition) is 22. The fourth-order valence-electron chi connectivity index (χ4n) is 14.2. The molecule has 0 aliphatic carbocycles. The number of hydrogen-bond donors (Lipinski definition) is 20. The van der Waals surface area contributed by atoms with Crippen LogP contribution in [0.5, 0.6) is 0 Å². The molecule has 11 amide bonds. The van der Waals surface area contributed by atoms with Crippen molar-refractivity contribution in [1.82, 2.24) is 107 Å². The van der Waals surface area contributed by atoms with E-state index in [1.807, 2.05) is 53.5 Å². The molecule has 0 aliphatic rings. The van der Waals surface area contributed by atoms with Crippen molar-refractivity contribution in [2.45, 2.75) is 146 Å². The van der Waals surface area contributed by atoms with Gasteiger partial charge in [-0.05, 0) is 106 Å². The lowest BCUT2D eigenvalue weighted by molar-refractivity contribution is -0.140. The number of aromatic amines is 4. The first-order valence-electron chi connectivity index (χ1n) is 40.8. The van der Waals surface area contributed by atoms with E-state index in [0.717, 1.165) is 23.9 Å². The van der Waals surface area contributed by atoms with Crippen molar-refractivity contribution in [3.05, 3.63) is 223 Å². The summed E-state index contributed by atoms with van der Waals surface area (Å²) >= 11 is 0. The molecule has 0 saturated carbocycles. The Kier molecular flexibility index (Phi) is 32.6. The van der Waals surface area contributed by atoms with Crippen molar-refractivity contribution >= 4 is 131 Å². The molecule has 5 heterocycles. The molecule has 7 atom stereocenters. The van der Waals surface area contributed by atoms with Crippen LogP contribution < -0.4 is 121 Å². The van der Waals surface area contributed by atoms with Crippen LogP contribution in [0.3, 0.4) is 0 Å². The summed E-state index contributed by atoms with van der Waals surface area (Å²) in [4.78, 5) is 281. The molecule has 0 spiro atoms. The summed E-state index contributed by atoms with van der Waals surface area (Å²) in [5, 5.41) is 44.3. The van der Waals surface area contributed by atoms with Gasteiger partial charge in [0.25, 0.3) is 28.1 Å². The molecule has 23 N–H and O–H groups in total. The van der Waals surface area contributed by atoms with Gasteiger partial charge in [0.2, 0.25) is 59.1 Å². The lowest BCUT2D eigenvalue weighted by Crippen LogP contribution is -2.62. The van der Waals surface area contributed by atoms with Crippen molar-refractivity contribution < 1.29 is 52.7 Å². The third kappa shape index (κ3) is 25.4. The Balaban J connectivity index is 0.854. The molecular weight excluding hydrogens is 1670 g/mol. The van der Waals surface area contributed by atoms with Crippen LogP contribution in [0.25, 0.3) is 54.5 Å². The number of fused-ring (bicyclic) bond motifs is 5. The Bertz CT molecular complexity index is 6370. The minimum absolute atomic E-state index is 0.00161. The second kappa shape index (κ2) is 44.3. The monoisotopic (exact) mass is 1760 g/mol. The number of nitrogens with one attached hydrogen (secondary N) is 17. The maximum absolute atomic E-state index is 15.4. The number of guanidine groups is 2. The normalized spacial score (nSPS) is 12.8. The summed E-state index contributed by atoms with van der Waals surface area (Å²) in [5.41, 5.74) is 10.1. The number of carbonyl (C=O) groups is 11. The van der Waals surface area contributed by atoms with Gasteiger partial charge in [-0.25, -0.2) is 24.2 Å². The first-order valence-corrected chi connectivity index (χ1v) is 40.8. The van der Waals surface area contributed by atoms with Gasteiger partial charge in [-0.2, -0.15) is 0 Å². The smallest absolute Gasteiger partial charge is 0.328 e. The molecule has 0 unspecified atom stereocenters. The van der Waals surface area contributed by atoms with Crippen molar-refractivity contribution in [2.75, 3.05) is 39.8 Å². The summed E-state index contributed by atoms with van der Waals surface area (Å²) in [7, 11) is 1.03. The number of benzene rings is 5. The number of nitrogens with two attached hydrogens (primary N) is 3. The van der Waals surface area contributed by atoms with E-state index >= 15 is 9.59 Å². The van der Waals surface area contributed by atoms with E-state index in [2.05, 4.69) is 78.4 Å². The average Bonchev–Trinajstić information content (AvgIpc) is 0.792. The van der Waals surface area contributed by atoms with Gasteiger partial charge >= 0.3 is 22.8 Å². The van der Waals surface area contributed by atoms with Crippen molar-refractivity contribution in [3.8, 4) is 0 Å². The molecule has 5 aromatic heterocycles. The maximum atomic E-state index is 15.4. The van der Waals surface area contributed by atoms with Crippen LogP contribution in [0, 0.1) is 10.8 Å². The first kappa shape index (κ1) is 94.2. The standard InChI is InChI=1S/C83H98N26O19/c1-45(110)93-57(30-15-17-36-90-73(120)66-46-20-5-10-25-51(46)94-52-26-11-6-21-47(52)66)68(115)89-35-16-3-4-33-63(111)95-58(32-19-38-92-79(87)88)69(116)100-62(40-106-39-34-64(112)104-80(106)125)77(124)105(2)44-65(113)96-59(41-107-74(121)48-22-7-12-27-53(48)101-81(107)126)70(117)98-61(43-109-76(123)50-24-9-14-29-55(50)103-83(109)128)72(119)99-60(71(118)97-56(67(84)114)31-18-37-91-78(85)86)42-108-75(122)49-23-8-13-28-54(49)102-82(108)127/h5-14,20-29,34,39,56-62H,3-4,15-19,30-33,35-38,40-44H2,1-2H3,(H2,84,114)(H,89,115)(H,90,120)(H,93,110)(H,95,111)(H,96,113)(H,97,118)(H,98,117)(H,99,119)(H,100,116)(H,101,126)(H,102,127)(H,103,128)(H4,85,86,91)(H4,87,88,92)(H,104,112,125)/t56-,57-,58-,59-,60-,61-,62-/m0/s1. The third-order valence-corrected chi connectivity index (χ3v) is 20.7. The van der Waals surface area contributed by atoms with Gasteiger partial charge in [0.15, 0.2) is 11.9 Å². The van der Waals surface area contributed by atoms with Crippen LogP contribution in [0.1, 0.15) is 87.9 Å². The highest BCUT2D eigenvalue weighted by molar-refractivity contribution is 6.16. The molecule has 10 rings (SSSR count). The van der Waals surface area contributed by atoms with Gasteiger partial charge in [0, 0.05) is 69.6 Å². The van der Waals surface area contributed by atoms with Crippen LogP contribution in [0.4, 0.5) is 0 Å². The lowest BCUT2D eigenvalue weighted by atomic mass is 10.0. The molecular formula is C83H98N26O19. The molecule has 674 valence electrons. The van der Waals surface area contributed by atoms with Crippen molar-refractivity contribution in [2.24, 2.45) is 17.2 Å². The van der Waals surface area contributed by atoms with Crippen molar-refractivity contribution in [3.63, 3.8) is 0 Å². The molecule has 0 saturated heterocycles. The van der Waals surface area contributed by atoms with Crippen LogP contribution in [-0.2, 0) is 74.1 Å². The third-order valence-electron chi connectivity index (χ3n) is 20.7. The Morgan fingerprint density at radius 2 is 0.797 bits per heavy atom. The predicted octanol–water partition coefficient (Wildman–Crippen LogP) is -4.49. The highest BCUT2D eigenvalue weighted by Crippen LogP contribution is 2.26. The number of H-pyrrole nitrogens is 4. The van der Waals surface area contributed by atoms with E-state index in [1.54, 1.807) is 0 Å². The number of carbonyl (C=O) groups excluding carboxylic acids is 11. The summed E-state index contributed by atoms with van der Waals surface area (Å²) in [5.74, 6) is -11.6. The number of unbranched alkanes of at least 4 members (excludes halogenated alkanes) is 3. The first-order chi connectivity index (χ1) is 61.2. The molecule has 0 bridgehead atoms. The molecule has 0 fully saturated rings. The van der Waals surface area contributed by atoms with Gasteiger partial charge in [-0.1, -0.05) is 79.2 Å². The van der Waals surface area contributed by atoms with Crippen molar-refractivity contribution in [1.29, 1.82) is 10.8 Å². The van der Waals surface area contributed by atoms with E-state index in [0.29, 0.717) is 71.7 Å². The number of rotatable bonds is 44. The van der Waals surface area contributed by atoms with Gasteiger partial charge in [-0.3, -0.25) is 106 Å². The summed E-state index contributed by atoms with van der Waals surface area (Å²) in [6.07, 6.45) is 2.59. The van der Waals surface area contributed by atoms with Crippen LogP contribution in [0.2, 0.25) is 0 Å². The maximum Gasteiger partial charge on any atom is 0.328 e. The van der Waals surface area contributed by atoms with E-state index < -0.39 is 191 Å². The number of likely N-dealkylation sites (N-methyl/N-ethyl adjacent to an activating group) is 1. The summed E-state index contributed by atoms with van der Waals surface area (Å²) in [6, 6.07) is 20.0. The topological polar surface area (TPSA) is 681 Å². The van der Waals surface area contributed by atoms with Gasteiger partial charge in [-0.15, -0.1) is 0 Å². The summed E-state index contributed by atoms with van der Waals surface area (Å²) in [6.45, 7) is -3.55. The zero-order chi connectivity index (χ0) is 92.4. The fourth-order valence-corrected chi connectivity index (χ4v) is 14.2. The molecule has 5 aromatic carbocycles. The molecule has 10 aromatic rings. The number of pyridine rings is 1. The Morgan fingerprint density at radius 1 is 0.398 bits per heavy atom. The fraction of sp³-hybridized carbons (Fsp3) is 0.349. The van der Waals surface area contributed by atoms with Gasteiger partial charge in [0.1, 0.15) is 42.3 Å². The lowest BCUT2D eigenvalue weighted by Gasteiger charge is -2.28. The number of primary amides is 1. The van der Waals surface area contributed by atoms with Gasteiger partial charge in [0.05, 0.1) is 82.0 Å². The SMILES string of the molecule is CC(=O)N[C@@H](CCCCNC(=O)c1c2ccccc2nc2ccccc12)C(=O)NCCCCCC(=O)N[C@@H](CCCNC(=N)N)C(=O)N[C@@H](Cn1ccc(=O)[nH]c1=O)C(=O)N(C)CC(=O)N[C@@H](Cn1c(=O)[nH]c2ccccc2c1=O)C(=O)N[C@@H](Cn1c(=O)[nH]c2ccccc2c1=O)C(=O)N[C@@H](Cn1c(=O)[nH]c2ccccc2c1=O)C(=O)N[C@@H](CCCNC(=N)N)C(N)=O. The molecule has 0 radical (unpaired) electrons. The summed E-state index contributed by atoms with van der Waals surface area (Å²) < 4.78 is 2.30. The highest BCUT2D eigenvalue weighted by Gasteiger charge is 2.36. The van der Waals surface area contributed by atoms with E-state index in [9.17, 15) is 81.5 Å². The van der Waals surface area contributed by atoms with Crippen LogP contribution in [0.15, 0.2) is 172 Å². The molecule has 128 heavy (non-hydrogen) atoms. The van der Waals surface area contributed by atoms with E-state index in [4.69, 9.17) is 28.0 Å². The predicted molar refractivity (Wildman–Crippen MR) is 469 cm³/mol. The number of para-hydroxylation sites is 5. The van der Waals surface area contributed by atoms with Gasteiger partial charge < -0.3 is 95.5 Å². The van der Waals surface area contributed by atoms with E-state index in [1.165, 1.54) is 79.7 Å². The Hall–Kier alpha value is -16.0. The largest absolute Gasteiger partial charge is 0.370 e. The Morgan fingerprint density at radius 3 is 1.27 bits per heavy atom. The van der Waals surface area contributed by atoms with Crippen LogP contribution >= 0.6 is 0 Å². The number of nitrogens with zero attached hydrogens (tertiary/aromatic N) is 6.